The number of nitrogens with zero attached hydrogens (tertiary/aromatic N) is 2. The minimum Gasteiger partial charge on any atom is -0.392 e. The third-order valence-electron chi connectivity index (χ3n) is 1.67. The highest BCUT2D eigenvalue weighted by Crippen LogP contribution is 1.86. The molecular weight excluding hydrogens is 198 g/mol. The molecule has 0 aliphatic rings. The summed E-state index contributed by atoms with van der Waals surface area (Å²) in [6.45, 7) is 3.30. The number of aliphatic hydroxyl groups excluding tert-OH is 1. The van der Waals surface area contributed by atoms with E-state index in [0.29, 0.717) is 19.6 Å². The Bertz CT molecular complexity index is 285. The molecule has 0 radical (unpaired) electrons. The summed E-state index contributed by atoms with van der Waals surface area (Å²) < 4.78 is 0. The predicted molar refractivity (Wildman–Crippen MR) is 53.3 cm³/mol. The number of aromatic nitrogens is 3. The highest BCUT2D eigenvalue weighted by atomic mass is 16.3. The van der Waals surface area contributed by atoms with Crippen LogP contribution in [-0.4, -0.2) is 52.2 Å². The molecule has 0 spiro atoms. The number of carbonyl (C=O) groups is 1. The predicted octanol–water partition coefficient (Wildman–Crippen LogP) is -1.50. The van der Waals surface area contributed by atoms with Crippen LogP contribution in [0.3, 0.4) is 0 Å². The van der Waals surface area contributed by atoms with Gasteiger partial charge in [0.25, 0.3) is 5.91 Å². The summed E-state index contributed by atoms with van der Waals surface area (Å²) in [6.07, 6.45) is 0.981. The van der Waals surface area contributed by atoms with Crippen molar-refractivity contribution in [2.24, 2.45) is 0 Å². The van der Waals surface area contributed by atoms with Crippen molar-refractivity contribution in [2.45, 2.75) is 13.0 Å². The van der Waals surface area contributed by atoms with Crippen molar-refractivity contribution >= 4 is 5.91 Å². The van der Waals surface area contributed by atoms with E-state index in [4.69, 9.17) is 5.11 Å². The van der Waals surface area contributed by atoms with Crippen LogP contribution in [0.5, 0.6) is 0 Å². The van der Waals surface area contributed by atoms with Gasteiger partial charge in [0.15, 0.2) is 5.69 Å². The monoisotopic (exact) mass is 213 g/mol. The van der Waals surface area contributed by atoms with Gasteiger partial charge in [-0.2, -0.15) is 15.4 Å². The van der Waals surface area contributed by atoms with Gasteiger partial charge in [-0.15, -0.1) is 0 Å². The molecule has 0 fully saturated rings. The van der Waals surface area contributed by atoms with Crippen LogP contribution < -0.4 is 10.6 Å². The van der Waals surface area contributed by atoms with E-state index in [1.165, 1.54) is 6.20 Å². The van der Waals surface area contributed by atoms with E-state index in [0.717, 1.165) is 0 Å². The van der Waals surface area contributed by atoms with Gasteiger partial charge in [0.2, 0.25) is 0 Å². The first-order chi connectivity index (χ1) is 7.20. The Hall–Kier alpha value is -1.47. The van der Waals surface area contributed by atoms with Crippen LogP contribution in [0.4, 0.5) is 0 Å². The van der Waals surface area contributed by atoms with E-state index in [1.807, 2.05) is 0 Å². The Morgan fingerprint density at radius 3 is 3.07 bits per heavy atom. The third kappa shape index (κ3) is 4.52. The normalized spacial score (nSPS) is 12.4. The number of aliphatic hydroxyl groups is 1. The lowest BCUT2D eigenvalue weighted by molar-refractivity contribution is 0.0948. The van der Waals surface area contributed by atoms with Gasteiger partial charge in [0, 0.05) is 19.6 Å². The first-order valence-electron chi connectivity index (χ1n) is 4.73. The van der Waals surface area contributed by atoms with Crippen molar-refractivity contribution in [1.82, 2.24) is 26.0 Å². The average molecular weight is 213 g/mol. The number of rotatable bonds is 6. The number of carbonyl (C=O) groups excluding carboxylic acids is 1. The summed E-state index contributed by atoms with van der Waals surface area (Å²) in [5.41, 5.74) is 0.269. The van der Waals surface area contributed by atoms with Gasteiger partial charge >= 0.3 is 0 Å². The summed E-state index contributed by atoms with van der Waals surface area (Å²) in [5.74, 6) is -0.261. The Morgan fingerprint density at radius 2 is 2.47 bits per heavy atom. The van der Waals surface area contributed by atoms with Crippen molar-refractivity contribution in [2.75, 3.05) is 19.6 Å². The van der Waals surface area contributed by atoms with Crippen molar-refractivity contribution in [3.63, 3.8) is 0 Å². The molecular formula is C8H15N5O2. The van der Waals surface area contributed by atoms with Crippen molar-refractivity contribution in [1.29, 1.82) is 0 Å². The molecule has 0 aromatic carbocycles. The van der Waals surface area contributed by atoms with Gasteiger partial charge in [0.1, 0.15) is 0 Å². The molecule has 7 nitrogen and oxygen atoms in total. The third-order valence-corrected chi connectivity index (χ3v) is 1.67. The van der Waals surface area contributed by atoms with E-state index in [9.17, 15) is 4.79 Å². The second-order valence-electron chi connectivity index (χ2n) is 3.16. The Morgan fingerprint density at radius 1 is 1.67 bits per heavy atom. The Kier molecular flexibility index (Phi) is 4.72. The van der Waals surface area contributed by atoms with E-state index in [1.54, 1.807) is 6.92 Å². The van der Waals surface area contributed by atoms with Crippen molar-refractivity contribution in [3.8, 4) is 0 Å². The molecule has 1 aromatic heterocycles. The highest BCUT2D eigenvalue weighted by Gasteiger charge is 2.06. The fourth-order valence-corrected chi connectivity index (χ4v) is 0.977. The summed E-state index contributed by atoms with van der Waals surface area (Å²) in [6, 6.07) is 0. The lowest BCUT2D eigenvalue weighted by Gasteiger charge is -2.06. The zero-order chi connectivity index (χ0) is 11.1. The molecule has 7 heteroatoms. The van der Waals surface area contributed by atoms with E-state index < -0.39 is 0 Å². The van der Waals surface area contributed by atoms with Crippen LogP contribution in [0.2, 0.25) is 0 Å². The zero-order valence-corrected chi connectivity index (χ0v) is 8.53. The molecule has 1 heterocycles. The molecule has 1 unspecified atom stereocenters. The smallest absolute Gasteiger partial charge is 0.273 e. The standard InChI is InChI=1S/C8H15N5O2/c1-6(14)4-9-2-3-10-8(15)7-5-11-13-12-7/h5-6,9,14H,2-4H2,1H3,(H,10,15)(H,11,12,13). The number of amides is 1. The maximum absolute atomic E-state index is 11.3. The summed E-state index contributed by atoms with van der Waals surface area (Å²) in [4.78, 5) is 11.3. The number of aromatic amines is 1. The molecule has 84 valence electrons. The minimum absolute atomic E-state index is 0.261. The number of nitrogens with one attached hydrogen (secondary N) is 3. The molecule has 1 atom stereocenters. The second kappa shape index (κ2) is 6.10. The van der Waals surface area contributed by atoms with Crippen LogP contribution in [0.15, 0.2) is 6.20 Å². The van der Waals surface area contributed by atoms with Crippen LogP contribution in [-0.2, 0) is 0 Å². The molecule has 0 saturated carbocycles. The van der Waals surface area contributed by atoms with Crippen LogP contribution in [0.25, 0.3) is 0 Å². The number of H-pyrrole nitrogens is 1. The first-order valence-corrected chi connectivity index (χ1v) is 4.73. The first kappa shape index (κ1) is 11.6. The van der Waals surface area contributed by atoms with E-state index >= 15 is 0 Å². The molecule has 4 N–H and O–H groups in total. The summed E-state index contributed by atoms with van der Waals surface area (Å²) >= 11 is 0. The van der Waals surface area contributed by atoms with Gasteiger partial charge in [-0.05, 0) is 6.92 Å². The van der Waals surface area contributed by atoms with Gasteiger partial charge in [-0.25, -0.2) is 0 Å². The van der Waals surface area contributed by atoms with E-state index in [2.05, 4.69) is 26.0 Å². The Labute approximate surface area is 87.3 Å². The molecule has 1 amide bonds. The maximum Gasteiger partial charge on any atom is 0.273 e. The molecule has 1 aromatic rings. The zero-order valence-electron chi connectivity index (χ0n) is 8.53. The van der Waals surface area contributed by atoms with Gasteiger partial charge in [-0.3, -0.25) is 4.79 Å². The van der Waals surface area contributed by atoms with Gasteiger partial charge in [0.05, 0.1) is 12.3 Å². The lowest BCUT2D eigenvalue weighted by atomic mass is 10.4. The molecule has 15 heavy (non-hydrogen) atoms. The lowest BCUT2D eigenvalue weighted by Crippen LogP contribution is -2.34. The van der Waals surface area contributed by atoms with Crippen molar-refractivity contribution < 1.29 is 9.90 Å². The molecule has 0 aliphatic heterocycles. The largest absolute Gasteiger partial charge is 0.392 e. The average Bonchev–Trinajstić information content (AvgIpc) is 2.69. The van der Waals surface area contributed by atoms with Crippen LogP contribution >= 0.6 is 0 Å². The highest BCUT2D eigenvalue weighted by molar-refractivity contribution is 5.91. The van der Waals surface area contributed by atoms with Crippen LogP contribution in [0, 0.1) is 0 Å². The topological polar surface area (TPSA) is 103 Å². The quantitative estimate of drug-likeness (QED) is 0.431. The van der Waals surface area contributed by atoms with E-state index in [-0.39, 0.29) is 17.7 Å². The van der Waals surface area contributed by atoms with Gasteiger partial charge < -0.3 is 15.7 Å². The fraction of sp³-hybridized carbons (Fsp3) is 0.625. The SMILES string of the molecule is CC(O)CNCCNC(=O)c1cn[nH]n1. The summed E-state index contributed by atoms with van der Waals surface area (Å²) in [7, 11) is 0. The molecule has 0 aliphatic carbocycles. The maximum atomic E-state index is 11.3. The van der Waals surface area contributed by atoms with Crippen molar-refractivity contribution in [3.05, 3.63) is 11.9 Å². The Balaban J connectivity index is 2.08. The fourth-order valence-electron chi connectivity index (χ4n) is 0.977. The molecule has 1 rings (SSSR count). The molecule has 0 bridgehead atoms. The number of hydrogen-bond donors (Lipinski definition) is 4. The second-order valence-corrected chi connectivity index (χ2v) is 3.16. The van der Waals surface area contributed by atoms with Crippen LogP contribution in [0.1, 0.15) is 17.4 Å². The minimum atomic E-state index is -0.378. The van der Waals surface area contributed by atoms with Gasteiger partial charge in [-0.1, -0.05) is 0 Å². The molecule has 0 saturated heterocycles. The summed E-state index contributed by atoms with van der Waals surface area (Å²) in [5, 5.41) is 24.1. The number of hydrogen-bond acceptors (Lipinski definition) is 5.